The van der Waals surface area contributed by atoms with Gasteiger partial charge in [-0.1, -0.05) is 32.0 Å². The Balaban J connectivity index is 2.18. The van der Waals surface area contributed by atoms with E-state index < -0.39 is 5.97 Å². The zero-order valence-electron chi connectivity index (χ0n) is 12.0. The van der Waals surface area contributed by atoms with E-state index >= 15 is 0 Å². The number of nitrogens with zero attached hydrogens (tertiary/aromatic N) is 3. The lowest BCUT2D eigenvalue weighted by atomic mass is 10.1. The van der Waals surface area contributed by atoms with Crippen molar-refractivity contribution in [3.8, 4) is 0 Å². The summed E-state index contributed by atoms with van der Waals surface area (Å²) in [5, 5.41) is 19.2. The van der Waals surface area contributed by atoms with Gasteiger partial charge in [0.2, 0.25) is 0 Å². The highest BCUT2D eigenvalue weighted by Gasteiger charge is 2.28. The fourth-order valence-corrected chi connectivity index (χ4v) is 4.19. The molecule has 1 aliphatic rings. The van der Waals surface area contributed by atoms with Crippen molar-refractivity contribution >= 4 is 34.3 Å². The molecule has 0 spiro atoms. The fourth-order valence-electron chi connectivity index (χ4n) is 2.86. The van der Waals surface area contributed by atoms with Gasteiger partial charge in [0.05, 0.1) is 11.2 Å². The van der Waals surface area contributed by atoms with Crippen molar-refractivity contribution in [2.24, 2.45) is 0 Å². The third-order valence-electron chi connectivity index (χ3n) is 3.58. The molecule has 2 heterocycles. The molecule has 1 saturated heterocycles. The topological polar surface area (TPSA) is 66.3 Å². The Kier molecular flexibility index (Phi) is 3.71. The number of rotatable bonds is 2. The molecule has 2 aromatic rings. The Hall–Kier alpha value is -1.82. The summed E-state index contributed by atoms with van der Waals surface area (Å²) in [6, 6.07) is 7.58. The number of carbonyl (C=O) groups is 1. The van der Waals surface area contributed by atoms with Gasteiger partial charge in [0.25, 0.3) is 0 Å². The highest BCUT2D eigenvalue weighted by molar-refractivity contribution is 8.00. The van der Waals surface area contributed by atoms with Crippen LogP contribution in [0.25, 0.3) is 10.9 Å². The molecule has 2 atom stereocenters. The van der Waals surface area contributed by atoms with Crippen LogP contribution in [0.3, 0.4) is 0 Å². The molecule has 0 amide bonds. The van der Waals surface area contributed by atoms with E-state index in [-0.39, 0.29) is 5.69 Å². The molecule has 1 aromatic carbocycles. The van der Waals surface area contributed by atoms with Crippen LogP contribution >= 0.6 is 11.8 Å². The second-order valence-electron chi connectivity index (χ2n) is 5.38. The standard InChI is InChI=1S/C15H17N3O2S/c1-9-7-18(8-10(2)21-9)14-11-5-3-4-6-12(11)16-17-13(14)15(19)20/h3-6,9-10H,7-8H2,1-2H3,(H,19,20). The molecular formula is C15H17N3O2S. The molecule has 1 fully saturated rings. The van der Waals surface area contributed by atoms with Gasteiger partial charge in [-0.3, -0.25) is 0 Å². The van der Waals surface area contributed by atoms with Crippen LogP contribution in [0.4, 0.5) is 5.69 Å². The second kappa shape index (κ2) is 5.52. The van der Waals surface area contributed by atoms with Gasteiger partial charge in [-0.05, 0) is 6.07 Å². The summed E-state index contributed by atoms with van der Waals surface area (Å²) in [4.78, 5) is 13.7. The van der Waals surface area contributed by atoms with Crippen LogP contribution in [0.1, 0.15) is 24.3 Å². The first-order valence-corrected chi connectivity index (χ1v) is 7.89. The van der Waals surface area contributed by atoms with Gasteiger partial charge in [0, 0.05) is 29.0 Å². The number of carboxylic acid groups (broad SMARTS) is 1. The average molecular weight is 303 g/mol. The first-order valence-electron chi connectivity index (χ1n) is 6.95. The average Bonchev–Trinajstić information content (AvgIpc) is 2.44. The van der Waals surface area contributed by atoms with E-state index in [1.807, 2.05) is 36.0 Å². The first kappa shape index (κ1) is 14.1. The minimum absolute atomic E-state index is 0.0417. The monoisotopic (exact) mass is 303 g/mol. The largest absolute Gasteiger partial charge is 0.476 e. The summed E-state index contributed by atoms with van der Waals surface area (Å²) in [6.07, 6.45) is 0. The molecule has 2 unspecified atom stereocenters. The molecular weight excluding hydrogens is 286 g/mol. The van der Waals surface area contributed by atoms with E-state index in [9.17, 15) is 9.90 Å². The van der Waals surface area contributed by atoms with Crippen molar-refractivity contribution in [1.29, 1.82) is 0 Å². The summed E-state index contributed by atoms with van der Waals surface area (Å²) in [6.45, 7) is 5.99. The van der Waals surface area contributed by atoms with Gasteiger partial charge in [-0.15, -0.1) is 10.2 Å². The van der Waals surface area contributed by atoms with Crippen molar-refractivity contribution in [2.75, 3.05) is 18.0 Å². The Morgan fingerprint density at radius 1 is 1.24 bits per heavy atom. The Bertz CT molecular complexity index is 682. The number of hydrogen-bond acceptors (Lipinski definition) is 5. The summed E-state index contributed by atoms with van der Waals surface area (Å²) < 4.78 is 0. The molecule has 0 aliphatic carbocycles. The van der Waals surface area contributed by atoms with Gasteiger partial charge in [-0.2, -0.15) is 11.8 Å². The van der Waals surface area contributed by atoms with Crippen LogP contribution in [0, 0.1) is 0 Å². The number of benzene rings is 1. The summed E-state index contributed by atoms with van der Waals surface area (Å²) in [7, 11) is 0. The van der Waals surface area contributed by atoms with Crippen LogP contribution in [-0.2, 0) is 0 Å². The van der Waals surface area contributed by atoms with Crippen LogP contribution in [0.5, 0.6) is 0 Å². The van der Waals surface area contributed by atoms with E-state index in [0.717, 1.165) is 24.0 Å². The predicted octanol–water partition coefficient (Wildman–Crippen LogP) is 2.66. The normalized spacial score (nSPS) is 22.5. The van der Waals surface area contributed by atoms with Crippen molar-refractivity contribution in [3.05, 3.63) is 30.0 Å². The van der Waals surface area contributed by atoms with Crippen LogP contribution in [0.15, 0.2) is 24.3 Å². The highest BCUT2D eigenvalue weighted by Crippen LogP contribution is 2.34. The molecule has 0 saturated carbocycles. The van der Waals surface area contributed by atoms with Gasteiger partial charge in [0.1, 0.15) is 0 Å². The molecule has 1 N–H and O–H groups in total. The van der Waals surface area contributed by atoms with E-state index in [0.29, 0.717) is 16.2 Å². The number of aromatic carboxylic acids is 1. The second-order valence-corrected chi connectivity index (χ2v) is 7.26. The third kappa shape index (κ3) is 2.68. The molecule has 110 valence electrons. The highest BCUT2D eigenvalue weighted by atomic mass is 32.2. The van der Waals surface area contributed by atoms with Crippen LogP contribution < -0.4 is 4.90 Å². The van der Waals surface area contributed by atoms with Crippen molar-refractivity contribution in [2.45, 2.75) is 24.3 Å². The van der Waals surface area contributed by atoms with Gasteiger partial charge >= 0.3 is 5.97 Å². The number of anilines is 1. The van der Waals surface area contributed by atoms with Crippen LogP contribution in [-0.4, -0.2) is 44.9 Å². The lowest BCUT2D eigenvalue weighted by Gasteiger charge is -2.37. The fraction of sp³-hybridized carbons (Fsp3) is 0.400. The predicted molar refractivity (Wildman–Crippen MR) is 85.2 cm³/mol. The smallest absolute Gasteiger partial charge is 0.358 e. The van der Waals surface area contributed by atoms with E-state index in [2.05, 4.69) is 28.9 Å². The maximum absolute atomic E-state index is 11.5. The van der Waals surface area contributed by atoms with Gasteiger partial charge < -0.3 is 10.0 Å². The molecule has 21 heavy (non-hydrogen) atoms. The van der Waals surface area contributed by atoms with Gasteiger partial charge in [0.15, 0.2) is 5.69 Å². The Morgan fingerprint density at radius 2 is 1.90 bits per heavy atom. The SMILES string of the molecule is CC1CN(c2c(C(=O)O)nnc3ccccc23)CC(C)S1. The molecule has 3 rings (SSSR count). The minimum Gasteiger partial charge on any atom is -0.476 e. The summed E-state index contributed by atoms with van der Waals surface area (Å²) >= 11 is 1.93. The lowest BCUT2D eigenvalue weighted by molar-refractivity contribution is 0.0690. The number of carboxylic acids is 1. The van der Waals surface area contributed by atoms with E-state index in [1.165, 1.54) is 0 Å². The zero-order chi connectivity index (χ0) is 15.0. The zero-order valence-corrected chi connectivity index (χ0v) is 12.8. The molecule has 5 nitrogen and oxygen atoms in total. The maximum Gasteiger partial charge on any atom is 0.358 e. The van der Waals surface area contributed by atoms with E-state index in [1.54, 1.807) is 0 Å². The molecule has 1 aliphatic heterocycles. The number of aromatic nitrogens is 2. The molecule has 0 radical (unpaired) electrons. The van der Waals surface area contributed by atoms with Crippen LogP contribution in [0.2, 0.25) is 0 Å². The van der Waals surface area contributed by atoms with E-state index in [4.69, 9.17) is 0 Å². The number of fused-ring (bicyclic) bond motifs is 1. The van der Waals surface area contributed by atoms with Gasteiger partial charge in [-0.25, -0.2) is 4.79 Å². The quantitative estimate of drug-likeness (QED) is 0.920. The number of hydrogen-bond donors (Lipinski definition) is 1. The minimum atomic E-state index is -1.03. The van der Waals surface area contributed by atoms with Crippen molar-refractivity contribution in [3.63, 3.8) is 0 Å². The third-order valence-corrected chi connectivity index (χ3v) is 4.81. The summed E-state index contributed by atoms with van der Waals surface area (Å²) in [5.41, 5.74) is 1.48. The van der Waals surface area contributed by atoms with Crippen molar-refractivity contribution < 1.29 is 9.90 Å². The lowest BCUT2D eigenvalue weighted by Crippen LogP contribution is -2.41. The Morgan fingerprint density at radius 3 is 2.57 bits per heavy atom. The maximum atomic E-state index is 11.5. The van der Waals surface area contributed by atoms with Crippen molar-refractivity contribution in [1.82, 2.24) is 10.2 Å². The molecule has 0 bridgehead atoms. The molecule has 1 aromatic heterocycles. The number of thioether (sulfide) groups is 1. The summed E-state index contributed by atoms with van der Waals surface area (Å²) in [5.74, 6) is -1.03. The first-order chi connectivity index (χ1) is 10.1. The Labute approximate surface area is 127 Å². The molecule has 6 heteroatoms.